The molecule has 0 aromatic carbocycles. The van der Waals surface area contributed by atoms with Gasteiger partial charge in [-0.1, -0.05) is 6.42 Å². The minimum Gasteiger partial charge on any atom is -0.465 e. The number of hydrogen-bond acceptors (Lipinski definition) is 7. The average Bonchev–Trinajstić information content (AvgIpc) is 3.03. The summed E-state index contributed by atoms with van der Waals surface area (Å²) in [4.78, 5) is 14.6. The number of carbonyl (C=O) groups excluding carboxylic acids is 1. The molecule has 0 spiro atoms. The monoisotopic (exact) mass is 418 g/mol. The third kappa shape index (κ3) is 4.44. The minimum absolute atomic E-state index is 0.0593. The van der Waals surface area contributed by atoms with Crippen molar-refractivity contribution >= 4 is 39.1 Å². The molecule has 1 aromatic rings. The number of methoxy groups -OCH3 is 1. The summed E-state index contributed by atoms with van der Waals surface area (Å²) in [6.45, 7) is 3.36. The van der Waals surface area contributed by atoms with Gasteiger partial charge in [0.25, 0.3) is 0 Å². The van der Waals surface area contributed by atoms with Crippen molar-refractivity contribution in [3.63, 3.8) is 0 Å². The van der Waals surface area contributed by atoms with Crippen LogP contribution in [0.1, 0.15) is 35.4 Å². The Hall–Kier alpha value is -0.610. The van der Waals surface area contributed by atoms with Crippen LogP contribution in [-0.2, 0) is 14.8 Å². The van der Waals surface area contributed by atoms with E-state index in [1.807, 2.05) is 11.8 Å². The summed E-state index contributed by atoms with van der Waals surface area (Å²) >= 11 is 2.94. The molecule has 0 bridgehead atoms. The molecule has 1 atom stereocenters. The van der Waals surface area contributed by atoms with Gasteiger partial charge in [0.05, 0.1) is 7.11 Å². The van der Waals surface area contributed by atoms with Crippen LogP contribution in [0.2, 0.25) is 0 Å². The van der Waals surface area contributed by atoms with Gasteiger partial charge in [-0.25, -0.2) is 13.2 Å². The number of nitrogens with zero attached hydrogens (tertiary/aromatic N) is 2. The fraction of sp³-hybridized carbons (Fsp3) is 0.706. The van der Waals surface area contributed by atoms with Crippen LogP contribution >= 0.6 is 23.1 Å². The SMILES string of the molecule is COC(=O)c1sccc1S(=O)(=O)N1CCCSCC1CN1CCCCC1. The predicted molar refractivity (Wildman–Crippen MR) is 106 cm³/mol. The lowest BCUT2D eigenvalue weighted by Crippen LogP contribution is -2.49. The Morgan fingerprint density at radius 2 is 2.00 bits per heavy atom. The maximum absolute atomic E-state index is 13.4. The topological polar surface area (TPSA) is 66.9 Å². The summed E-state index contributed by atoms with van der Waals surface area (Å²) in [5.74, 6) is 1.18. The first kappa shape index (κ1) is 20.1. The Kier molecular flexibility index (Phi) is 7.01. The van der Waals surface area contributed by atoms with E-state index in [-0.39, 0.29) is 15.8 Å². The number of hydrogen-bond donors (Lipinski definition) is 0. The number of thioether (sulfide) groups is 1. The molecule has 3 heterocycles. The van der Waals surface area contributed by atoms with Crippen molar-refractivity contribution in [1.82, 2.24) is 9.21 Å². The second-order valence-corrected chi connectivity index (χ2v) is 10.6. The molecule has 1 aromatic heterocycles. The van der Waals surface area contributed by atoms with E-state index in [0.717, 1.165) is 48.9 Å². The lowest BCUT2D eigenvalue weighted by Gasteiger charge is -2.35. The first-order chi connectivity index (χ1) is 12.5. The average molecular weight is 419 g/mol. The minimum atomic E-state index is -3.72. The smallest absolute Gasteiger partial charge is 0.349 e. The van der Waals surface area contributed by atoms with Crippen LogP contribution in [0.25, 0.3) is 0 Å². The Morgan fingerprint density at radius 1 is 1.23 bits per heavy atom. The van der Waals surface area contributed by atoms with Crippen molar-refractivity contribution in [2.45, 2.75) is 36.6 Å². The van der Waals surface area contributed by atoms with Crippen LogP contribution in [0.5, 0.6) is 0 Å². The van der Waals surface area contributed by atoms with Gasteiger partial charge in [0.1, 0.15) is 9.77 Å². The molecule has 2 fully saturated rings. The normalized spacial score (nSPS) is 23.5. The maximum Gasteiger partial charge on any atom is 0.349 e. The highest BCUT2D eigenvalue weighted by atomic mass is 32.2. The summed E-state index contributed by atoms with van der Waals surface area (Å²) in [6, 6.07) is 1.47. The van der Waals surface area contributed by atoms with E-state index < -0.39 is 16.0 Å². The third-order valence-corrected chi connectivity index (χ3v) is 9.10. The molecule has 9 heteroatoms. The molecule has 0 amide bonds. The zero-order chi connectivity index (χ0) is 18.6. The first-order valence-corrected chi connectivity index (χ1v) is 12.5. The van der Waals surface area contributed by atoms with Gasteiger partial charge < -0.3 is 9.64 Å². The molecule has 0 saturated carbocycles. The number of likely N-dealkylation sites (tertiary alicyclic amines) is 1. The molecule has 2 aliphatic rings. The molecule has 3 rings (SSSR count). The number of esters is 1. The van der Waals surface area contributed by atoms with Crippen molar-refractivity contribution in [2.24, 2.45) is 0 Å². The van der Waals surface area contributed by atoms with Gasteiger partial charge in [-0.3, -0.25) is 0 Å². The van der Waals surface area contributed by atoms with Crippen molar-refractivity contribution < 1.29 is 17.9 Å². The van der Waals surface area contributed by atoms with Gasteiger partial charge in [0.2, 0.25) is 10.0 Å². The van der Waals surface area contributed by atoms with Crippen molar-refractivity contribution in [3.05, 3.63) is 16.3 Å². The van der Waals surface area contributed by atoms with E-state index in [9.17, 15) is 13.2 Å². The van der Waals surface area contributed by atoms with E-state index in [1.165, 1.54) is 32.4 Å². The highest BCUT2D eigenvalue weighted by molar-refractivity contribution is 7.99. The molecule has 6 nitrogen and oxygen atoms in total. The zero-order valence-corrected chi connectivity index (χ0v) is 17.5. The summed E-state index contributed by atoms with van der Waals surface area (Å²) in [5, 5.41) is 1.64. The Bertz CT molecular complexity index is 713. The molecule has 2 saturated heterocycles. The lowest BCUT2D eigenvalue weighted by atomic mass is 10.1. The molecule has 0 aliphatic carbocycles. The summed E-state index contributed by atoms with van der Waals surface area (Å²) in [6.07, 6.45) is 4.46. The molecule has 2 aliphatic heterocycles. The van der Waals surface area contributed by atoms with Gasteiger partial charge in [-0.15, -0.1) is 11.3 Å². The number of carbonyl (C=O) groups is 1. The highest BCUT2D eigenvalue weighted by Gasteiger charge is 2.36. The summed E-state index contributed by atoms with van der Waals surface area (Å²) in [7, 11) is -2.45. The van der Waals surface area contributed by atoms with E-state index in [2.05, 4.69) is 4.90 Å². The van der Waals surface area contributed by atoms with Gasteiger partial charge in [-0.05, 0) is 49.6 Å². The zero-order valence-electron chi connectivity index (χ0n) is 15.1. The molecule has 1 unspecified atom stereocenters. The standard InChI is InChI=1S/C17H26N2O4S3/c1-23-17(20)16-15(6-11-25-16)26(21,22)19-9-5-10-24-13-14(19)12-18-7-3-2-4-8-18/h6,11,14H,2-5,7-10,12-13H2,1H3. The molecule has 146 valence electrons. The lowest BCUT2D eigenvalue weighted by molar-refractivity contribution is 0.0602. The Morgan fingerprint density at radius 3 is 2.73 bits per heavy atom. The van der Waals surface area contributed by atoms with Gasteiger partial charge in [-0.2, -0.15) is 16.1 Å². The Labute approximate surface area is 163 Å². The fourth-order valence-corrected chi connectivity index (χ4v) is 7.69. The molecule has 0 radical (unpaired) electrons. The maximum atomic E-state index is 13.4. The van der Waals surface area contributed by atoms with Crippen LogP contribution in [0.4, 0.5) is 0 Å². The van der Waals surface area contributed by atoms with Gasteiger partial charge in [0, 0.05) is 24.9 Å². The number of sulfonamides is 1. The largest absolute Gasteiger partial charge is 0.465 e. The second kappa shape index (κ2) is 9.05. The van der Waals surface area contributed by atoms with Crippen LogP contribution in [0, 0.1) is 0 Å². The molecule has 26 heavy (non-hydrogen) atoms. The number of piperidine rings is 1. The van der Waals surface area contributed by atoms with Crippen molar-refractivity contribution in [1.29, 1.82) is 0 Å². The Balaban J connectivity index is 1.86. The number of thiophene rings is 1. The van der Waals surface area contributed by atoms with Gasteiger partial charge >= 0.3 is 5.97 Å². The highest BCUT2D eigenvalue weighted by Crippen LogP contribution is 2.30. The van der Waals surface area contributed by atoms with E-state index >= 15 is 0 Å². The van der Waals surface area contributed by atoms with Crippen molar-refractivity contribution in [3.8, 4) is 0 Å². The van der Waals surface area contributed by atoms with E-state index in [0.29, 0.717) is 6.54 Å². The molecule has 0 N–H and O–H groups in total. The molecular weight excluding hydrogens is 392 g/mol. The van der Waals surface area contributed by atoms with Crippen LogP contribution < -0.4 is 0 Å². The second-order valence-electron chi connectivity index (χ2n) is 6.66. The van der Waals surface area contributed by atoms with Crippen LogP contribution in [0.15, 0.2) is 16.3 Å². The molecular formula is C17H26N2O4S3. The first-order valence-electron chi connectivity index (χ1n) is 9.02. The third-order valence-electron chi connectivity index (χ3n) is 4.89. The number of ether oxygens (including phenoxy) is 1. The van der Waals surface area contributed by atoms with E-state index in [4.69, 9.17) is 4.74 Å². The number of rotatable bonds is 5. The summed E-state index contributed by atoms with van der Waals surface area (Å²) < 4.78 is 33.2. The quantitative estimate of drug-likeness (QED) is 0.685. The van der Waals surface area contributed by atoms with Crippen LogP contribution in [-0.4, -0.2) is 74.4 Å². The predicted octanol–water partition coefficient (Wildman–Crippen LogP) is 2.52. The van der Waals surface area contributed by atoms with E-state index in [1.54, 1.807) is 9.69 Å². The van der Waals surface area contributed by atoms with Gasteiger partial charge in [0.15, 0.2) is 0 Å². The van der Waals surface area contributed by atoms with Crippen molar-refractivity contribution in [2.75, 3.05) is 44.8 Å². The van der Waals surface area contributed by atoms with Crippen LogP contribution in [0.3, 0.4) is 0 Å². The fourth-order valence-electron chi connectivity index (χ4n) is 3.58. The summed E-state index contributed by atoms with van der Waals surface area (Å²) in [5.41, 5.74) is 0.